The van der Waals surface area contributed by atoms with Crippen LogP contribution in [0.15, 0.2) is 83.8 Å². The van der Waals surface area contributed by atoms with Crippen molar-refractivity contribution in [3.63, 3.8) is 0 Å². The maximum absolute atomic E-state index is 13.9. The fraction of sp³-hybridized carbons (Fsp3) is 0.120. The molecule has 0 aromatic heterocycles. The van der Waals surface area contributed by atoms with Gasteiger partial charge in [0.2, 0.25) is 0 Å². The van der Waals surface area contributed by atoms with Crippen molar-refractivity contribution in [2.45, 2.75) is 13.0 Å². The van der Waals surface area contributed by atoms with Gasteiger partial charge in [-0.1, -0.05) is 90.7 Å². The van der Waals surface area contributed by atoms with E-state index in [9.17, 15) is 9.18 Å². The number of para-hydroxylation sites is 1. The molecular formula is C25H20FNO2S2. The zero-order chi connectivity index (χ0) is 21.6. The number of ether oxygens (including phenoxy) is 1. The van der Waals surface area contributed by atoms with Crippen LogP contribution in [-0.2, 0) is 17.8 Å². The van der Waals surface area contributed by atoms with Gasteiger partial charge in [0, 0.05) is 17.7 Å². The van der Waals surface area contributed by atoms with Crippen molar-refractivity contribution in [3.05, 3.63) is 106 Å². The number of carbonyl (C=O) groups is 1. The Morgan fingerprint density at radius 1 is 0.968 bits per heavy atom. The van der Waals surface area contributed by atoms with Gasteiger partial charge in [-0.05, 0) is 30.2 Å². The number of rotatable bonds is 7. The van der Waals surface area contributed by atoms with Gasteiger partial charge >= 0.3 is 0 Å². The molecule has 0 saturated carbocycles. The highest BCUT2D eigenvalue weighted by atomic mass is 32.2. The second-order valence-corrected chi connectivity index (χ2v) is 8.66. The minimum absolute atomic E-state index is 0.102. The van der Waals surface area contributed by atoms with Gasteiger partial charge in [-0.3, -0.25) is 9.69 Å². The van der Waals surface area contributed by atoms with Crippen LogP contribution in [0.2, 0.25) is 0 Å². The van der Waals surface area contributed by atoms with Crippen LogP contribution in [0.3, 0.4) is 0 Å². The molecule has 3 aromatic carbocycles. The lowest BCUT2D eigenvalue weighted by atomic mass is 10.1. The standard InChI is InChI=1S/C25H20FNO2S2/c26-21-12-6-4-11-20(21)17-29-22-13-7-5-10-19(22)16-23-24(28)27(25(30)31-23)15-14-18-8-2-1-3-9-18/h1-13,16H,14-15,17H2. The van der Waals surface area contributed by atoms with E-state index in [0.717, 1.165) is 17.5 Å². The smallest absolute Gasteiger partial charge is 0.266 e. The number of halogens is 1. The van der Waals surface area contributed by atoms with Gasteiger partial charge in [-0.25, -0.2) is 4.39 Å². The molecule has 0 bridgehead atoms. The molecule has 0 unspecified atom stereocenters. The van der Waals surface area contributed by atoms with Gasteiger partial charge in [0.05, 0.1) is 4.91 Å². The first-order valence-electron chi connectivity index (χ1n) is 9.86. The summed E-state index contributed by atoms with van der Waals surface area (Å²) in [6.45, 7) is 0.646. The number of carbonyl (C=O) groups excluding carboxylic acids is 1. The van der Waals surface area contributed by atoms with Crippen molar-refractivity contribution in [3.8, 4) is 5.75 Å². The normalized spacial score (nSPS) is 15.0. The maximum Gasteiger partial charge on any atom is 0.266 e. The Morgan fingerprint density at radius 3 is 2.48 bits per heavy atom. The summed E-state index contributed by atoms with van der Waals surface area (Å²) < 4.78 is 20.3. The second-order valence-electron chi connectivity index (χ2n) is 6.99. The minimum Gasteiger partial charge on any atom is -0.488 e. The Labute approximate surface area is 190 Å². The average molecular weight is 450 g/mol. The molecule has 1 saturated heterocycles. The molecule has 3 aromatic rings. The van der Waals surface area contributed by atoms with E-state index in [-0.39, 0.29) is 18.3 Å². The van der Waals surface area contributed by atoms with E-state index in [2.05, 4.69) is 0 Å². The molecule has 1 aliphatic rings. The van der Waals surface area contributed by atoms with E-state index in [1.54, 1.807) is 29.2 Å². The van der Waals surface area contributed by atoms with Gasteiger partial charge in [0.1, 0.15) is 22.5 Å². The van der Waals surface area contributed by atoms with E-state index in [4.69, 9.17) is 17.0 Å². The third-order valence-corrected chi connectivity index (χ3v) is 6.26. The van der Waals surface area contributed by atoms with Crippen molar-refractivity contribution >= 4 is 40.3 Å². The molecule has 1 amide bonds. The first-order valence-corrected chi connectivity index (χ1v) is 11.1. The monoisotopic (exact) mass is 449 g/mol. The third kappa shape index (κ3) is 5.21. The van der Waals surface area contributed by atoms with Crippen molar-refractivity contribution in [2.75, 3.05) is 6.54 Å². The average Bonchev–Trinajstić information content (AvgIpc) is 3.05. The Hall–Kier alpha value is -2.96. The summed E-state index contributed by atoms with van der Waals surface area (Å²) in [4.78, 5) is 15.1. The summed E-state index contributed by atoms with van der Waals surface area (Å²) in [5.74, 6) is 0.175. The first-order chi connectivity index (χ1) is 15.1. The molecule has 0 radical (unpaired) electrons. The molecule has 0 atom stereocenters. The minimum atomic E-state index is -0.306. The number of benzene rings is 3. The molecule has 31 heavy (non-hydrogen) atoms. The fourth-order valence-corrected chi connectivity index (χ4v) is 4.52. The summed E-state index contributed by atoms with van der Waals surface area (Å²) in [5, 5.41) is 0. The SMILES string of the molecule is O=C1C(=Cc2ccccc2OCc2ccccc2F)SC(=S)N1CCc1ccccc1. The van der Waals surface area contributed by atoms with Crippen LogP contribution in [0.5, 0.6) is 5.75 Å². The Balaban J connectivity index is 1.47. The largest absolute Gasteiger partial charge is 0.488 e. The van der Waals surface area contributed by atoms with E-state index in [1.165, 1.54) is 17.8 Å². The zero-order valence-electron chi connectivity index (χ0n) is 16.7. The van der Waals surface area contributed by atoms with Crippen LogP contribution in [0.25, 0.3) is 6.08 Å². The molecule has 156 valence electrons. The maximum atomic E-state index is 13.9. The lowest BCUT2D eigenvalue weighted by Gasteiger charge is -2.14. The fourth-order valence-electron chi connectivity index (χ4n) is 3.22. The van der Waals surface area contributed by atoms with Crippen LogP contribution in [0, 0.1) is 5.82 Å². The highest BCUT2D eigenvalue weighted by molar-refractivity contribution is 8.26. The Morgan fingerprint density at radius 2 is 1.68 bits per heavy atom. The topological polar surface area (TPSA) is 29.5 Å². The summed E-state index contributed by atoms with van der Waals surface area (Å²) in [6, 6.07) is 23.9. The summed E-state index contributed by atoms with van der Waals surface area (Å²) in [7, 11) is 0. The predicted molar refractivity (Wildman–Crippen MR) is 127 cm³/mol. The Kier molecular flexibility index (Phi) is 6.79. The molecule has 1 heterocycles. The van der Waals surface area contributed by atoms with Crippen molar-refractivity contribution in [1.82, 2.24) is 4.90 Å². The van der Waals surface area contributed by atoms with Crippen molar-refractivity contribution in [2.24, 2.45) is 0 Å². The van der Waals surface area contributed by atoms with Gasteiger partial charge in [0.15, 0.2) is 0 Å². The van der Waals surface area contributed by atoms with Gasteiger partial charge in [0.25, 0.3) is 5.91 Å². The van der Waals surface area contributed by atoms with E-state index in [1.807, 2.05) is 54.6 Å². The van der Waals surface area contributed by atoms with E-state index < -0.39 is 0 Å². The zero-order valence-corrected chi connectivity index (χ0v) is 18.3. The van der Waals surface area contributed by atoms with Gasteiger partial charge in [-0.15, -0.1) is 0 Å². The molecule has 3 nitrogen and oxygen atoms in total. The third-order valence-electron chi connectivity index (χ3n) is 4.89. The number of nitrogens with zero attached hydrogens (tertiary/aromatic N) is 1. The molecule has 0 N–H and O–H groups in total. The summed E-state index contributed by atoms with van der Waals surface area (Å²) >= 11 is 6.73. The van der Waals surface area contributed by atoms with Crippen LogP contribution in [0.4, 0.5) is 4.39 Å². The molecule has 1 fully saturated rings. The van der Waals surface area contributed by atoms with E-state index >= 15 is 0 Å². The summed E-state index contributed by atoms with van der Waals surface area (Å²) in [6.07, 6.45) is 2.53. The number of hydrogen-bond donors (Lipinski definition) is 0. The first kappa shape index (κ1) is 21.3. The number of thiocarbonyl (C=S) groups is 1. The van der Waals surface area contributed by atoms with E-state index in [0.29, 0.717) is 27.1 Å². The van der Waals surface area contributed by atoms with Crippen LogP contribution in [0.1, 0.15) is 16.7 Å². The lowest BCUT2D eigenvalue weighted by Crippen LogP contribution is -2.30. The predicted octanol–water partition coefficient (Wildman–Crippen LogP) is 5.85. The number of thioether (sulfide) groups is 1. The van der Waals surface area contributed by atoms with Crippen LogP contribution in [-0.4, -0.2) is 21.7 Å². The molecule has 0 aliphatic carbocycles. The highest BCUT2D eigenvalue weighted by Crippen LogP contribution is 2.34. The highest BCUT2D eigenvalue weighted by Gasteiger charge is 2.31. The molecule has 1 aliphatic heterocycles. The number of hydrogen-bond acceptors (Lipinski definition) is 4. The van der Waals surface area contributed by atoms with Crippen LogP contribution >= 0.6 is 24.0 Å². The molecule has 4 rings (SSSR count). The molecule has 0 spiro atoms. The molecule has 6 heteroatoms. The van der Waals surface area contributed by atoms with Crippen molar-refractivity contribution in [1.29, 1.82) is 0 Å². The van der Waals surface area contributed by atoms with Gasteiger partial charge < -0.3 is 4.74 Å². The van der Waals surface area contributed by atoms with Crippen LogP contribution < -0.4 is 4.74 Å². The molecular weight excluding hydrogens is 429 g/mol. The summed E-state index contributed by atoms with van der Waals surface area (Å²) in [5.41, 5.74) is 2.39. The quantitative estimate of drug-likeness (QED) is 0.334. The van der Waals surface area contributed by atoms with Crippen molar-refractivity contribution < 1.29 is 13.9 Å². The second kappa shape index (κ2) is 9.90. The number of amides is 1. The lowest BCUT2D eigenvalue weighted by molar-refractivity contribution is -0.122. The van der Waals surface area contributed by atoms with Gasteiger partial charge in [-0.2, -0.15) is 0 Å². The Bertz CT molecular complexity index is 1130.